The molecule has 0 heterocycles. The average molecular weight is 534 g/mol. The summed E-state index contributed by atoms with van der Waals surface area (Å²) in [5, 5.41) is 5.04. The van der Waals surface area contributed by atoms with E-state index < -0.39 is 77.0 Å². The highest BCUT2D eigenvalue weighted by molar-refractivity contribution is 6.30. The Morgan fingerprint density at radius 1 is 1.19 bits per heavy atom. The molecule has 1 aromatic rings. The van der Waals surface area contributed by atoms with Gasteiger partial charge in [0.25, 0.3) is 0 Å². The molecule has 0 aliphatic heterocycles. The van der Waals surface area contributed by atoms with Gasteiger partial charge in [-0.2, -0.15) is 0 Å². The van der Waals surface area contributed by atoms with Gasteiger partial charge in [0.2, 0.25) is 5.91 Å². The van der Waals surface area contributed by atoms with Crippen LogP contribution in [0.3, 0.4) is 0 Å². The summed E-state index contributed by atoms with van der Waals surface area (Å²) in [6.45, 7) is 5.00. The van der Waals surface area contributed by atoms with Crippen molar-refractivity contribution in [2.45, 2.75) is 95.2 Å². The fourth-order valence-corrected chi connectivity index (χ4v) is 6.29. The third kappa shape index (κ3) is 5.32. The predicted octanol–water partition coefficient (Wildman–Crippen LogP) is 5.77. The van der Waals surface area contributed by atoms with E-state index in [-0.39, 0.29) is 37.1 Å². The van der Waals surface area contributed by atoms with Crippen molar-refractivity contribution in [1.82, 2.24) is 10.6 Å². The summed E-state index contributed by atoms with van der Waals surface area (Å²) in [6, 6.07) is 0.0300. The molecule has 36 heavy (non-hydrogen) atoms. The van der Waals surface area contributed by atoms with Crippen LogP contribution in [0, 0.1) is 23.0 Å². The Labute approximate surface area is 218 Å². The van der Waals surface area contributed by atoms with Crippen LogP contribution in [-0.4, -0.2) is 42.5 Å². The van der Waals surface area contributed by atoms with E-state index in [2.05, 4.69) is 10.6 Å². The Morgan fingerprint density at radius 2 is 1.89 bits per heavy atom. The molecular weight excluding hydrogens is 497 g/mol. The maximum absolute atomic E-state index is 15.2. The van der Waals surface area contributed by atoms with Gasteiger partial charge in [0.1, 0.15) is 22.9 Å². The summed E-state index contributed by atoms with van der Waals surface area (Å²) >= 11 is 5.97. The molecule has 3 fully saturated rings. The molecule has 0 aromatic heterocycles. The van der Waals surface area contributed by atoms with Crippen LogP contribution in [0.1, 0.15) is 81.4 Å². The topological polar surface area (TPSA) is 76.7 Å². The number of halogens is 4. The van der Waals surface area contributed by atoms with E-state index in [0.29, 0.717) is 12.8 Å². The van der Waals surface area contributed by atoms with Gasteiger partial charge in [0.05, 0.1) is 27.3 Å². The van der Waals surface area contributed by atoms with E-state index in [9.17, 15) is 9.59 Å². The van der Waals surface area contributed by atoms with Gasteiger partial charge in [-0.05, 0) is 83.3 Å². The molecule has 4 atom stereocenters. The minimum absolute atomic E-state index is 0.000891. The number of fused-ring (bicyclic) bond motifs is 2. The Hall–Kier alpha value is -2.00. The van der Waals surface area contributed by atoms with Crippen molar-refractivity contribution in [3.05, 3.63) is 34.4 Å². The molecule has 3 aliphatic rings. The number of methoxy groups -OCH3 is 1. The molecule has 0 spiro atoms. The molecule has 1 unspecified atom stereocenters. The number of alkyl carbamates (subject to hydrolysis) is 1. The van der Waals surface area contributed by atoms with E-state index >= 15 is 13.2 Å². The van der Waals surface area contributed by atoms with Crippen molar-refractivity contribution in [2.75, 3.05) is 7.04 Å². The molecule has 2 N–H and O–H groups in total. The van der Waals surface area contributed by atoms with Gasteiger partial charge in [0, 0.05) is 18.5 Å². The Balaban J connectivity index is 1.59. The number of benzene rings is 1. The van der Waals surface area contributed by atoms with E-state index in [1.807, 2.05) is 0 Å². The number of nitrogens with one attached hydrogen (secondary N) is 2. The van der Waals surface area contributed by atoms with Crippen molar-refractivity contribution in [3.63, 3.8) is 0 Å². The summed E-state index contributed by atoms with van der Waals surface area (Å²) in [5.74, 6) is -3.39. The van der Waals surface area contributed by atoms with Crippen LogP contribution in [0.5, 0.6) is 0 Å². The number of carbonyl (C=O) groups is 2. The zero-order valence-corrected chi connectivity index (χ0v) is 21.3. The largest absolute Gasteiger partial charge is 0.444 e. The average Bonchev–Trinajstić information content (AvgIpc) is 3.45. The molecule has 2 bridgehead atoms. The standard InChI is InChI=1S/C26H34ClF3N2O4/c1-24(2,3)36-23(34)31-17-11-14(12-18(17)35-4)22(33)32-21(19-16(28)6-5-15(27)20(19)29)25-7-9-26(30,13-25)10-8-25/h5-6,14,17-18,21H,7-13H2,1-4H3,(H,31,34)(H,32,33)/t14?,17-,18+,21+,25?,26?/m0/s1/i4D3. The van der Waals surface area contributed by atoms with Crippen molar-refractivity contribution < 1.29 is 36.3 Å². The van der Waals surface area contributed by atoms with Gasteiger partial charge in [0.15, 0.2) is 0 Å². The summed E-state index contributed by atoms with van der Waals surface area (Å²) < 4.78 is 78.4. The number of ether oxygens (including phenoxy) is 2. The van der Waals surface area contributed by atoms with E-state index in [4.69, 9.17) is 25.2 Å². The van der Waals surface area contributed by atoms with Crippen molar-refractivity contribution in [3.8, 4) is 0 Å². The minimum Gasteiger partial charge on any atom is -0.444 e. The highest BCUT2D eigenvalue weighted by Crippen LogP contribution is 2.63. The molecule has 2 amide bonds. The van der Waals surface area contributed by atoms with E-state index in [0.717, 1.165) is 12.1 Å². The maximum atomic E-state index is 15.2. The molecule has 3 aliphatic carbocycles. The summed E-state index contributed by atoms with van der Waals surface area (Å²) in [4.78, 5) is 26.0. The van der Waals surface area contributed by atoms with Gasteiger partial charge >= 0.3 is 6.09 Å². The van der Waals surface area contributed by atoms with E-state index in [1.165, 1.54) is 0 Å². The summed E-state index contributed by atoms with van der Waals surface area (Å²) in [7, 11) is -2.80. The Kier molecular flexibility index (Phi) is 6.24. The number of amides is 2. The lowest BCUT2D eigenvalue weighted by Gasteiger charge is -2.37. The van der Waals surface area contributed by atoms with Crippen LogP contribution in [0.4, 0.5) is 18.0 Å². The second-order valence-electron chi connectivity index (χ2n) is 11.5. The first-order chi connectivity index (χ1) is 17.9. The second kappa shape index (κ2) is 9.71. The minimum atomic E-state index is -2.80. The fraction of sp³-hybridized carbons (Fsp3) is 0.692. The zero-order valence-electron chi connectivity index (χ0n) is 23.6. The highest BCUT2D eigenvalue weighted by Gasteiger charge is 2.59. The third-order valence-corrected chi connectivity index (χ3v) is 8.10. The van der Waals surface area contributed by atoms with Crippen molar-refractivity contribution in [2.24, 2.45) is 11.3 Å². The Bertz CT molecular complexity index is 1120. The fourth-order valence-electron chi connectivity index (χ4n) is 6.12. The summed E-state index contributed by atoms with van der Waals surface area (Å²) in [5.41, 5.74) is -3.59. The number of hydrogen-bond donors (Lipinski definition) is 2. The number of hydrogen-bond acceptors (Lipinski definition) is 4. The lowest BCUT2D eigenvalue weighted by atomic mass is 9.74. The second-order valence-corrected chi connectivity index (χ2v) is 11.9. The SMILES string of the molecule is [2H]C([2H])([2H])O[C@@H]1CC(C(=O)N[C@H](c2c(F)ccc(Cl)c2F)C23CCC(F)(CC2)C3)C[C@@H]1NC(=O)OC(C)(C)C. The smallest absolute Gasteiger partial charge is 0.407 e. The van der Waals surface area contributed by atoms with Gasteiger partial charge in [-0.25, -0.2) is 18.0 Å². The van der Waals surface area contributed by atoms with Crippen LogP contribution in [0.15, 0.2) is 12.1 Å². The molecular formula is C26H34ClF3N2O4. The quantitative estimate of drug-likeness (QED) is 0.455. The first-order valence-corrected chi connectivity index (χ1v) is 12.6. The molecule has 10 heteroatoms. The van der Waals surface area contributed by atoms with Crippen molar-refractivity contribution >= 4 is 23.6 Å². The monoisotopic (exact) mass is 533 g/mol. The number of carbonyl (C=O) groups excluding carboxylic acids is 2. The van der Waals surface area contributed by atoms with E-state index in [1.54, 1.807) is 20.8 Å². The van der Waals surface area contributed by atoms with Crippen molar-refractivity contribution in [1.29, 1.82) is 0 Å². The van der Waals surface area contributed by atoms with Crippen LogP contribution in [-0.2, 0) is 14.3 Å². The van der Waals surface area contributed by atoms with Crippen LogP contribution >= 0.6 is 11.6 Å². The van der Waals surface area contributed by atoms with Crippen LogP contribution in [0.2, 0.25) is 5.02 Å². The van der Waals surface area contributed by atoms with Gasteiger partial charge in [-0.15, -0.1) is 0 Å². The first-order valence-electron chi connectivity index (χ1n) is 13.7. The number of rotatable bonds is 6. The van der Waals surface area contributed by atoms with Gasteiger partial charge in [-0.1, -0.05) is 11.6 Å². The third-order valence-electron chi connectivity index (χ3n) is 7.81. The molecule has 200 valence electrons. The molecule has 3 saturated carbocycles. The summed E-state index contributed by atoms with van der Waals surface area (Å²) in [6.07, 6.45) is -0.759. The maximum Gasteiger partial charge on any atom is 0.407 e. The van der Waals surface area contributed by atoms with Gasteiger partial charge in [-0.3, -0.25) is 4.79 Å². The number of alkyl halides is 1. The zero-order chi connectivity index (χ0) is 29.0. The van der Waals surface area contributed by atoms with Gasteiger partial charge < -0.3 is 20.1 Å². The molecule has 0 radical (unpaired) electrons. The molecule has 0 saturated heterocycles. The highest BCUT2D eigenvalue weighted by atomic mass is 35.5. The Morgan fingerprint density at radius 3 is 2.47 bits per heavy atom. The first kappa shape index (κ1) is 23.1. The van der Waals surface area contributed by atoms with Crippen LogP contribution in [0.25, 0.3) is 0 Å². The molecule has 1 aromatic carbocycles. The lowest BCUT2D eigenvalue weighted by Crippen LogP contribution is -2.44. The predicted molar refractivity (Wildman–Crippen MR) is 128 cm³/mol. The normalized spacial score (nSPS) is 34.0. The van der Waals surface area contributed by atoms with Crippen LogP contribution < -0.4 is 10.6 Å². The molecule has 6 nitrogen and oxygen atoms in total. The molecule has 4 rings (SSSR count). The lowest BCUT2D eigenvalue weighted by molar-refractivity contribution is -0.127.